The Balaban J connectivity index is 1.10. The molecule has 0 aromatic heterocycles. The molecule has 0 atom stereocenters. The average Bonchev–Trinajstić information content (AvgIpc) is 2.87. The molecule has 1 heterocycles. The summed E-state index contributed by atoms with van der Waals surface area (Å²) in [5, 5.41) is 0. The molecule has 1 saturated heterocycles. The van der Waals surface area contributed by atoms with E-state index in [0.717, 1.165) is 61.7 Å². The molecule has 0 aromatic carbocycles. The summed E-state index contributed by atoms with van der Waals surface area (Å²) in [6, 6.07) is 0. The summed E-state index contributed by atoms with van der Waals surface area (Å²) in [4.78, 5) is 0. The smallest absolute Gasteiger partial charge is 0.266 e. The van der Waals surface area contributed by atoms with E-state index in [1.54, 1.807) is 0 Å². The Labute approximate surface area is 200 Å². The first kappa shape index (κ1) is 25.4. The molecule has 2 nitrogen and oxygen atoms in total. The normalized spacial score (nSPS) is 40.2. The highest BCUT2D eigenvalue weighted by Crippen LogP contribution is 2.47. The lowest BCUT2D eigenvalue weighted by Crippen LogP contribution is -2.38. The highest BCUT2D eigenvalue weighted by atomic mass is 19.3. The quantitative estimate of drug-likeness (QED) is 0.265. The number of rotatable bonds is 8. The Hall–Kier alpha value is -0.740. The van der Waals surface area contributed by atoms with Gasteiger partial charge < -0.3 is 9.47 Å². The van der Waals surface area contributed by atoms with Crippen LogP contribution in [0.2, 0.25) is 0 Å². The molecule has 188 valence electrons. The fourth-order valence-corrected chi connectivity index (χ4v) is 7.48. The molecule has 0 amide bonds. The van der Waals surface area contributed by atoms with Gasteiger partial charge in [0.1, 0.15) is 0 Å². The van der Waals surface area contributed by atoms with Gasteiger partial charge in [0.2, 0.25) is 0 Å². The second kappa shape index (κ2) is 12.8. The van der Waals surface area contributed by atoms with Crippen LogP contribution in [0.5, 0.6) is 0 Å². The Morgan fingerprint density at radius 3 is 1.61 bits per heavy atom. The van der Waals surface area contributed by atoms with E-state index in [4.69, 9.17) is 9.47 Å². The summed E-state index contributed by atoms with van der Waals surface area (Å²) < 4.78 is 36.3. The Morgan fingerprint density at radius 1 is 0.697 bits per heavy atom. The molecule has 0 spiro atoms. The van der Waals surface area contributed by atoms with E-state index in [1.807, 2.05) is 6.08 Å². The predicted octanol–water partition coefficient (Wildman–Crippen LogP) is 8.53. The minimum atomic E-state index is -1.52. The molecule has 3 saturated carbocycles. The van der Waals surface area contributed by atoms with E-state index in [1.165, 1.54) is 77.0 Å². The zero-order chi connectivity index (χ0) is 23.0. The van der Waals surface area contributed by atoms with Crippen molar-refractivity contribution in [1.82, 2.24) is 0 Å². The molecular weight excluding hydrogens is 418 g/mol. The van der Waals surface area contributed by atoms with Crippen LogP contribution in [0.4, 0.5) is 8.78 Å². The molecule has 0 unspecified atom stereocenters. The molecule has 4 fully saturated rings. The number of ether oxygens (including phenoxy) is 2. The van der Waals surface area contributed by atoms with Gasteiger partial charge in [-0.15, -0.1) is 6.58 Å². The van der Waals surface area contributed by atoms with Crippen LogP contribution in [0.3, 0.4) is 0 Å². The average molecular weight is 465 g/mol. The maximum Gasteiger partial charge on any atom is 0.266 e. The fourth-order valence-electron chi connectivity index (χ4n) is 7.48. The van der Waals surface area contributed by atoms with Gasteiger partial charge in [-0.05, 0) is 113 Å². The van der Waals surface area contributed by atoms with E-state index in [-0.39, 0.29) is 6.29 Å². The van der Waals surface area contributed by atoms with Crippen molar-refractivity contribution < 1.29 is 18.3 Å². The van der Waals surface area contributed by atoms with Gasteiger partial charge in [-0.25, -0.2) is 0 Å². The number of allylic oxidation sites excluding steroid dienone is 1. The molecule has 3 aliphatic carbocycles. The third-order valence-corrected chi connectivity index (χ3v) is 9.64. The standard InChI is InChI=1S/C29H46F2O2/c1-2-21-19-32-29(33-20-21)27-17-15-26(16-18-27)25-13-11-24(12-14-25)23-9-7-22(8-10-23)5-3-4-6-28(30)31/h2,6,21-27,29H,1,3-5,7-20H2. The SMILES string of the molecule is C=CC1COC(C2CCC(C3CCC(C4CCC(CCCC=C(F)F)CC4)CC3)CC2)OC1. The zero-order valence-corrected chi connectivity index (χ0v) is 20.6. The van der Waals surface area contributed by atoms with Gasteiger partial charge in [0.15, 0.2) is 6.29 Å². The summed E-state index contributed by atoms with van der Waals surface area (Å²) in [6.07, 6.45) is 20.6. The van der Waals surface area contributed by atoms with Crippen LogP contribution >= 0.6 is 0 Å². The minimum absolute atomic E-state index is 0.0225. The van der Waals surface area contributed by atoms with Crippen LogP contribution in [0.15, 0.2) is 24.8 Å². The van der Waals surface area contributed by atoms with E-state index in [2.05, 4.69) is 6.58 Å². The molecule has 33 heavy (non-hydrogen) atoms. The molecule has 0 radical (unpaired) electrons. The van der Waals surface area contributed by atoms with Crippen LogP contribution in [-0.2, 0) is 9.47 Å². The largest absolute Gasteiger partial charge is 0.352 e. The molecule has 0 N–H and O–H groups in total. The maximum absolute atomic E-state index is 12.2. The van der Waals surface area contributed by atoms with Gasteiger partial charge in [-0.2, -0.15) is 8.78 Å². The topological polar surface area (TPSA) is 18.5 Å². The second-order valence-corrected chi connectivity index (χ2v) is 11.6. The van der Waals surface area contributed by atoms with Crippen molar-refractivity contribution in [3.05, 3.63) is 24.8 Å². The molecule has 4 aliphatic rings. The Kier molecular flexibility index (Phi) is 9.85. The van der Waals surface area contributed by atoms with E-state index < -0.39 is 6.08 Å². The molecule has 4 heteroatoms. The molecule has 0 aromatic rings. The van der Waals surface area contributed by atoms with Gasteiger partial charge in [0, 0.05) is 11.8 Å². The van der Waals surface area contributed by atoms with Crippen LogP contribution < -0.4 is 0 Å². The first-order valence-corrected chi connectivity index (χ1v) is 14.0. The third kappa shape index (κ3) is 7.37. The van der Waals surface area contributed by atoms with Gasteiger partial charge >= 0.3 is 0 Å². The van der Waals surface area contributed by atoms with Gasteiger partial charge in [0.25, 0.3) is 6.08 Å². The third-order valence-electron chi connectivity index (χ3n) is 9.64. The molecule has 1 aliphatic heterocycles. The highest BCUT2D eigenvalue weighted by molar-refractivity contribution is 4.88. The van der Waals surface area contributed by atoms with Crippen LogP contribution in [-0.4, -0.2) is 19.5 Å². The fraction of sp³-hybridized carbons (Fsp3) is 0.862. The van der Waals surface area contributed by atoms with Crippen molar-refractivity contribution in [2.75, 3.05) is 13.2 Å². The highest BCUT2D eigenvalue weighted by Gasteiger charge is 2.37. The Morgan fingerprint density at radius 2 is 1.15 bits per heavy atom. The van der Waals surface area contributed by atoms with E-state index >= 15 is 0 Å². The van der Waals surface area contributed by atoms with Crippen molar-refractivity contribution in [2.24, 2.45) is 41.4 Å². The number of hydrogen-bond donors (Lipinski definition) is 0. The maximum atomic E-state index is 12.2. The molecule has 4 rings (SSSR count). The number of hydrogen-bond acceptors (Lipinski definition) is 2. The lowest BCUT2D eigenvalue weighted by molar-refractivity contribution is -0.223. The molecular formula is C29H46F2O2. The monoisotopic (exact) mass is 464 g/mol. The molecule has 0 bridgehead atoms. The minimum Gasteiger partial charge on any atom is -0.352 e. The first-order chi connectivity index (χ1) is 16.1. The van der Waals surface area contributed by atoms with Gasteiger partial charge in [-0.1, -0.05) is 25.3 Å². The zero-order valence-electron chi connectivity index (χ0n) is 20.6. The summed E-state index contributed by atoms with van der Waals surface area (Å²) in [5.74, 6) is 5.48. The second-order valence-electron chi connectivity index (χ2n) is 11.6. The van der Waals surface area contributed by atoms with Crippen molar-refractivity contribution in [2.45, 2.75) is 103 Å². The number of halogens is 2. The summed E-state index contributed by atoms with van der Waals surface area (Å²) in [6.45, 7) is 5.41. The lowest BCUT2D eigenvalue weighted by atomic mass is 9.65. The van der Waals surface area contributed by atoms with Crippen molar-refractivity contribution >= 4 is 0 Å². The van der Waals surface area contributed by atoms with Crippen LogP contribution in [0, 0.1) is 41.4 Å². The van der Waals surface area contributed by atoms with Crippen molar-refractivity contribution in [3.8, 4) is 0 Å². The van der Waals surface area contributed by atoms with Crippen molar-refractivity contribution in [3.63, 3.8) is 0 Å². The van der Waals surface area contributed by atoms with Crippen LogP contribution in [0.25, 0.3) is 0 Å². The summed E-state index contributed by atoms with van der Waals surface area (Å²) in [5.41, 5.74) is 0. The van der Waals surface area contributed by atoms with Gasteiger partial charge in [0.05, 0.1) is 13.2 Å². The van der Waals surface area contributed by atoms with E-state index in [0.29, 0.717) is 18.3 Å². The first-order valence-electron chi connectivity index (χ1n) is 14.0. The summed E-state index contributed by atoms with van der Waals surface area (Å²) >= 11 is 0. The van der Waals surface area contributed by atoms with Crippen molar-refractivity contribution in [1.29, 1.82) is 0 Å². The van der Waals surface area contributed by atoms with Crippen LogP contribution in [0.1, 0.15) is 96.3 Å². The summed E-state index contributed by atoms with van der Waals surface area (Å²) in [7, 11) is 0. The van der Waals surface area contributed by atoms with E-state index in [9.17, 15) is 8.78 Å². The number of unbranched alkanes of at least 4 members (excludes halogenated alkanes) is 1. The predicted molar refractivity (Wildman–Crippen MR) is 130 cm³/mol. The van der Waals surface area contributed by atoms with Gasteiger partial charge in [-0.3, -0.25) is 0 Å². The lowest BCUT2D eigenvalue weighted by Gasteiger charge is -2.42. The Bertz CT molecular complexity index is 599.